The number of hydrogen-bond acceptors (Lipinski definition) is 6. The molecule has 6 nitrogen and oxygen atoms in total. The van der Waals surface area contributed by atoms with Crippen LogP contribution in [0.5, 0.6) is 0 Å². The summed E-state index contributed by atoms with van der Waals surface area (Å²) in [6, 6.07) is 0. The molecule has 0 saturated carbocycles. The molecule has 98 valence electrons. The normalized spacial score (nSPS) is 31.7. The molecule has 1 fully saturated rings. The van der Waals surface area contributed by atoms with Crippen LogP contribution in [0.2, 0.25) is 0 Å². The van der Waals surface area contributed by atoms with Gasteiger partial charge in [0.2, 0.25) is 5.96 Å². The molecule has 0 bridgehead atoms. The van der Waals surface area contributed by atoms with E-state index >= 15 is 0 Å². The zero-order chi connectivity index (χ0) is 12.6. The lowest BCUT2D eigenvalue weighted by molar-refractivity contribution is 0.0399. The minimum Gasteiger partial charge on any atom is -0.381 e. The van der Waals surface area contributed by atoms with Crippen LogP contribution in [0.15, 0.2) is 29.0 Å². The summed E-state index contributed by atoms with van der Waals surface area (Å²) in [5, 5.41) is 1.86. The molecule has 0 aromatic carbocycles. The number of fused-ring (bicyclic) bond motifs is 1. The van der Waals surface area contributed by atoms with Crippen LogP contribution in [0.3, 0.4) is 0 Å². The number of nitrogens with one attached hydrogen (secondary N) is 1. The van der Waals surface area contributed by atoms with E-state index in [1.807, 2.05) is 23.2 Å². The van der Waals surface area contributed by atoms with Gasteiger partial charge in [0, 0.05) is 13.2 Å². The van der Waals surface area contributed by atoms with Gasteiger partial charge in [-0.25, -0.2) is 5.01 Å². The first-order valence-electron chi connectivity index (χ1n) is 6.35. The van der Waals surface area contributed by atoms with Crippen molar-refractivity contribution in [2.75, 3.05) is 13.2 Å². The highest BCUT2D eigenvalue weighted by Crippen LogP contribution is 2.32. The van der Waals surface area contributed by atoms with E-state index < -0.39 is 5.66 Å². The topological polar surface area (TPSA) is 88.9 Å². The molecule has 1 atom stereocenters. The van der Waals surface area contributed by atoms with Crippen molar-refractivity contribution < 1.29 is 4.74 Å². The Morgan fingerprint density at radius 1 is 1.50 bits per heavy atom. The Kier molecular flexibility index (Phi) is 2.76. The first-order valence-corrected chi connectivity index (χ1v) is 6.35. The minimum absolute atomic E-state index is 0.395. The average Bonchev–Trinajstić information content (AvgIpc) is 2.73. The second kappa shape index (κ2) is 4.29. The van der Waals surface area contributed by atoms with Crippen molar-refractivity contribution in [2.45, 2.75) is 24.9 Å². The van der Waals surface area contributed by atoms with Crippen LogP contribution in [0.4, 0.5) is 0 Å². The molecule has 6 heteroatoms. The second-order valence-corrected chi connectivity index (χ2v) is 5.08. The van der Waals surface area contributed by atoms with Crippen molar-refractivity contribution in [2.24, 2.45) is 22.4 Å². The van der Waals surface area contributed by atoms with Gasteiger partial charge in [0.05, 0.1) is 0 Å². The minimum atomic E-state index is -0.559. The monoisotopic (exact) mass is 249 g/mol. The van der Waals surface area contributed by atoms with Crippen LogP contribution < -0.4 is 16.9 Å². The Bertz CT molecular complexity index is 424. The fraction of sp³-hybridized carbons (Fsp3) is 0.583. The molecule has 5 N–H and O–H groups in total. The third kappa shape index (κ3) is 1.97. The van der Waals surface area contributed by atoms with Crippen LogP contribution in [0, 0.1) is 5.92 Å². The summed E-state index contributed by atoms with van der Waals surface area (Å²) < 4.78 is 5.38. The van der Waals surface area contributed by atoms with E-state index in [1.165, 1.54) is 0 Å². The summed E-state index contributed by atoms with van der Waals surface area (Å²) in [6.45, 7) is 1.67. The summed E-state index contributed by atoms with van der Waals surface area (Å²) in [7, 11) is 0. The van der Waals surface area contributed by atoms with E-state index in [1.54, 1.807) is 0 Å². The molecule has 0 aliphatic carbocycles. The van der Waals surface area contributed by atoms with Crippen molar-refractivity contribution in [3.63, 3.8) is 0 Å². The van der Waals surface area contributed by atoms with Crippen LogP contribution in [0.1, 0.15) is 19.3 Å². The molecule has 1 unspecified atom stereocenters. The summed E-state index contributed by atoms with van der Waals surface area (Å²) >= 11 is 0. The lowest BCUT2D eigenvalue weighted by Crippen LogP contribution is -2.60. The fourth-order valence-corrected chi connectivity index (χ4v) is 2.75. The fourth-order valence-electron chi connectivity index (χ4n) is 2.75. The first-order chi connectivity index (χ1) is 8.67. The molecule has 0 aromatic rings. The Hall–Kier alpha value is -1.53. The largest absolute Gasteiger partial charge is 0.381 e. The van der Waals surface area contributed by atoms with Gasteiger partial charge >= 0.3 is 0 Å². The summed E-state index contributed by atoms with van der Waals surface area (Å²) in [5.74, 6) is 1.76. The van der Waals surface area contributed by atoms with E-state index in [-0.39, 0.29) is 0 Å². The molecule has 0 amide bonds. The van der Waals surface area contributed by atoms with Gasteiger partial charge in [0.1, 0.15) is 5.66 Å². The molecule has 0 aromatic heterocycles. The number of allylic oxidation sites excluding steroid dienone is 2. The number of hydrazine groups is 1. The molecule has 3 heterocycles. The maximum absolute atomic E-state index is 6.50. The van der Waals surface area contributed by atoms with Crippen LogP contribution in [-0.2, 0) is 4.74 Å². The van der Waals surface area contributed by atoms with Crippen LogP contribution in [0.25, 0.3) is 0 Å². The highest BCUT2D eigenvalue weighted by Gasteiger charge is 2.39. The van der Waals surface area contributed by atoms with Gasteiger partial charge < -0.3 is 16.2 Å². The molecule has 3 aliphatic heterocycles. The summed E-state index contributed by atoms with van der Waals surface area (Å²) in [6.07, 6.45) is 8.87. The van der Waals surface area contributed by atoms with Gasteiger partial charge in [-0.15, -0.1) is 0 Å². The van der Waals surface area contributed by atoms with E-state index in [9.17, 15) is 0 Å². The molecule has 1 saturated heterocycles. The third-order valence-electron chi connectivity index (χ3n) is 3.69. The number of hydrogen-bond donors (Lipinski definition) is 3. The molecular formula is C12H19N5O. The number of nitrogens with two attached hydrogens (primary N) is 2. The lowest BCUT2D eigenvalue weighted by Gasteiger charge is -2.41. The molecule has 3 aliphatic rings. The first kappa shape index (κ1) is 11.6. The zero-order valence-electron chi connectivity index (χ0n) is 10.3. The Balaban J connectivity index is 1.74. The molecule has 0 spiro atoms. The predicted molar refractivity (Wildman–Crippen MR) is 68.9 cm³/mol. The zero-order valence-corrected chi connectivity index (χ0v) is 10.3. The van der Waals surface area contributed by atoms with Crippen molar-refractivity contribution >= 4 is 5.96 Å². The molecule has 3 rings (SSSR count). The predicted octanol–water partition coefficient (Wildman–Crippen LogP) is 0.00420. The van der Waals surface area contributed by atoms with E-state index in [0.717, 1.165) is 38.3 Å². The van der Waals surface area contributed by atoms with E-state index in [0.29, 0.717) is 11.9 Å². The van der Waals surface area contributed by atoms with Crippen molar-refractivity contribution in [3.05, 3.63) is 24.0 Å². The highest BCUT2D eigenvalue weighted by atomic mass is 16.5. The average molecular weight is 249 g/mol. The van der Waals surface area contributed by atoms with Gasteiger partial charge in [-0.2, -0.15) is 4.99 Å². The van der Waals surface area contributed by atoms with Gasteiger partial charge in [0.15, 0.2) is 5.82 Å². The SMILES string of the molecule is NC1=NC2=CC=CC(N)(CC3CCOCC3)N2N1. The summed E-state index contributed by atoms with van der Waals surface area (Å²) in [5.41, 5.74) is 14.7. The number of nitrogens with zero attached hydrogens (tertiary/aromatic N) is 2. The maximum atomic E-state index is 6.50. The number of ether oxygens (including phenoxy) is 1. The van der Waals surface area contributed by atoms with Crippen molar-refractivity contribution in [1.82, 2.24) is 10.4 Å². The van der Waals surface area contributed by atoms with Crippen molar-refractivity contribution in [1.29, 1.82) is 0 Å². The quantitative estimate of drug-likeness (QED) is 0.641. The number of aliphatic imine (C=N–C) groups is 1. The number of guanidine groups is 1. The molecule has 18 heavy (non-hydrogen) atoms. The maximum Gasteiger partial charge on any atom is 0.214 e. The standard InChI is InChI=1S/C12H19N5O/c13-11-15-10-2-1-5-12(14,17(10)16-11)8-9-3-6-18-7-4-9/h1-2,5,9H,3-4,6-8,14H2,(H3,13,15,16). The van der Waals surface area contributed by atoms with Gasteiger partial charge in [-0.05, 0) is 37.3 Å². The van der Waals surface area contributed by atoms with Gasteiger partial charge in [0.25, 0.3) is 0 Å². The Morgan fingerprint density at radius 2 is 2.28 bits per heavy atom. The Labute approximate surface area is 106 Å². The third-order valence-corrected chi connectivity index (χ3v) is 3.69. The smallest absolute Gasteiger partial charge is 0.214 e. The molecular weight excluding hydrogens is 230 g/mol. The summed E-state index contributed by atoms with van der Waals surface area (Å²) in [4.78, 5) is 4.21. The van der Waals surface area contributed by atoms with E-state index in [4.69, 9.17) is 16.2 Å². The van der Waals surface area contributed by atoms with E-state index in [2.05, 4.69) is 10.4 Å². The van der Waals surface area contributed by atoms with Crippen LogP contribution >= 0.6 is 0 Å². The second-order valence-electron chi connectivity index (χ2n) is 5.08. The van der Waals surface area contributed by atoms with Crippen molar-refractivity contribution in [3.8, 4) is 0 Å². The van der Waals surface area contributed by atoms with Gasteiger partial charge in [-0.1, -0.05) is 6.08 Å². The van der Waals surface area contributed by atoms with Crippen LogP contribution in [-0.4, -0.2) is 29.8 Å². The lowest BCUT2D eigenvalue weighted by atomic mass is 9.88. The number of rotatable bonds is 2. The van der Waals surface area contributed by atoms with Gasteiger partial charge in [-0.3, -0.25) is 5.43 Å². The highest BCUT2D eigenvalue weighted by molar-refractivity contribution is 5.80. The Morgan fingerprint density at radius 3 is 3.06 bits per heavy atom. The molecule has 0 radical (unpaired) electrons.